The van der Waals surface area contributed by atoms with Gasteiger partial charge in [0.1, 0.15) is 6.04 Å². The average Bonchev–Trinajstić information content (AvgIpc) is 2.13. The first kappa shape index (κ1) is 14.9. The third-order valence-corrected chi connectivity index (χ3v) is 2.09. The molecule has 0 aromatic rings. The second kappa shape index (κ2) is 7.22. The Labute approximate surface area is 97.1 Å². The van der Waals surface area contributed by atoms with Crippen LogP contribution in [0.4, 0.5) is 0 Å². The first-order chi connectivity index (χ1) is 7.36. The molecule has 0 aliphatic heterocycles. The van der Waals surface area contributed by atoms with Crippen LogP contribution in [0.5, 0.6) is 0 Å². The van der Waals surface area contributed by atoms with E-state index in [1.165, 1.54) is 0 Å². The molecule has 0 bridgehead atoms. The standard InChI is InChI=1S/C11H23N3O2/c1-7(2)5-9(11(16)14-12)13-10(15)6-8(3)4/h7-9H,5-6,12H2,1-4H3,(H,13,15)(H,14,16). The summed E-state index contributed by atoms with van der Waals surface area (Å²) in [5.41, 5.74) is 2.08. The maximum absolute atomic E-state index is 11.5. The predicted molar refractivity (Wildman–Crippen MR) is 63.2 cm³/mol. The minimum Gasteiger partial charge on any atom is -0.344 e. The number of nitrogens with two attached hydrogens (primary N) is 1. The lowest BCUT2D eigenvalue weighted by Crippen LogP contribution is -2.49. The molecule has 94 valence electrons. The minimum absolute atomic E-state index is 0.107. The fraction of sp³-hybridized carbons (Fsp3) is 0.818. The van der Waals surface area contributed by atoms with Gasteiger partial charge in [-0.15, -0.1) is 0 Å². The Balaban J connectivity index is 4.31. The molecule has 0 radical (unpaired) electrons. The van der Waals surface area contributed by atoms with Crippen molar-refractivity contribution >= 4 is 11.8 Å². The molecule has 0 aromatic heterocycles. The third-order valence-electron chi connectivity index (χ3n) is 2.09. The van der Waals surface area contributed by atoms with Crippen molar-refractivity contribution in [2.75, 3.05) is 0 Å². The summed E-state index contributed by atoms with van der Waals surface area (Å²) in [5.74, 6) is 5.23. The highest BCUT2D eigenvalue weighted by molar-refractivity contribution is 5.87. The van der Waals surface area contributed by atoms with Crippen molar-refractivity contribution < 1.29 is 9.59 Å². The first-order valence-corrected chi connectivity index (χ1v) is 5.66. The predicted octanol–water partition coefficient (Wildman–Crippen LogP) is 0.553. The van der Waals surface area contributed by atoms with Gasteiger partial charge in [-0.3, -0.25) is 15.0 Å². The smallest absolute Gasteiger partial charge is 0.256 e. The maximum atomic E-state index is 11.5. The third kappa shape index (κ3) is 6.40. The Morgan fingerprint density at radius 1 is 1.12 bits per heavy atom. The van der Waals surface area contributed by atoms with Crippen molar-refractivity contribution in [3.8, 4) is 0 Å². The monoisotopic (exact) mass is 229 g/mol. The van der Waals surface area contributed by atoms with Gasteiger partial charge in [0, 0.05) is 6.42 Å². The molecule has 0 rings (SSSR count). The van der Waals surface area contributed by atoms with Gasteiger partial charge in [-0.25, -0.2) is 5.84 Å². The highest BCUT2D eigenvalue weighted by atomic mass is 16.2. The Hall–Kier alpha value is -1.10. The van der Waals surface area contributed by atoms with Crippen LogP contribution < -0.4 is 16.6 Å². The zero-order chi connectivity index (χ0) is 12.7. The van der Waals surface area contributed by atoms with Crippen LogP contribution in [0.1, 0.15) is 40.5 Å². The minimum atomic E-state index is -0.531. The van der Waals surface area contributed by atoms with Gasteiger partial charge >= 0.3 is 0 Å². The molecule has 0 aliphatic rings. The van der Waals surface area contributed by atoms with E-state index < -0.39 is 6.04 Å². The lowest BCUT2D eigenvalue weighted by molar-refractivity contribution is -0.129. The van der Waals surface area contributed by atoms with Crippen molar-refractivity contribution in [3.63, 3.8) is 0 Å². The molecule has 1 unspecified atom stereocenters. The van der Waals surface area contributed by atoms with Crippen LogP contribution in [0.3, 0.4) is 0 Å². The fourth-order valence-corrected chi connectivity index (χ4v) is 1.43. The van der Waals surface area contributed by atoms with E-state index in [9.17, 15) is 9.59 Å². The molecule has 4 N–H and O–H groups in total. The van der Waals surface area contributed by atoms with E-state index in [1.807, 2.05) is 27.7 Å². The first-order valence-electron chi connectivity index (χ1n) is 5.66. The van der Waals surface area contributed by atoms with Crippen molar-refractivity contribution in [2.45, 2.75) is 46.6 Å². The summed E-state index contributed by atoms with van der Waals surface area (Å²) in [6.45, 7) is 7.90. The van der Waals surface area contributed by atoms with Crippen LogP contribution in [0.25, 0.3) is 0 Å². The molecule has 5 nitrogen and oxygen atoms in total. The second-order valence-corrected chi connectivity index (χ2v) is 4.86. The second-order valence-electron chi connectivity index (χ2n) is 4.86. The Morgan fingerprint density at radius 3 is 2.06 bits per heavy atom. The molecule has 0 heterocycles. The van der Waals surface area contributed by atoms with E-state index in [2.05, 4.69) is 10.7 Å². The van der Waals surface area contributed by atoms with Crippen LogP contribution in [-0.4, -0.2) is 17.9 Å². The summed E-state index contributed by atoms with van der Waals surface area (Å²) in [4.78, 5) is 23.0. The van der Waals surface area contributed by atoms with Crippen LogP contribution in [0.2, 0.25) is 0 Å². The van der Waals surface area contributed by atoms with Gasteiger partial charge in [0.15, 0.2) is 0 Å². The van der Waals surface area contributed by atoms with E-state index >= 15 is 0 Å². The van der Waals surface area contributed by atoms with E-state index in [1.54, 1.807) is 0 Å². The summed E-state index contributed by atoms with van der Waals surface area (Å²) >= 11 is 0. The number of carbonyl (C=O) groups excluding carboxylic acids is 2. The largest absolute Gasteiger partial charge is 0.344 e. The van der Waals surface area contributed by atoms with E-state index in [0.29, 0.717) is 18.8 Å². The molecule has 0 aliphatic carbocycles. The summed E-state index contributed by atoms with van der Waals surface area (Å²) in [7, 11) is 0. The summed E-state index contributed by atoms with van der Waals surface area (Å²) in [5, 5.41) is 2.70. The van der Waals surface area contributed by atoms with Crippen LogP contribution in [0, 0.1) is 11.8 Å². The number of amides is 2. The topological polar surface area (TPSA) is 84.2 Å². The quantitative estimate of drug-likeness (QED) is 0.353. The Kier molecular flexibility index (Phi) is 6.72. The summed E-state index contributed by atoms with van der Waals surface area (Å²) < 4.78 is 0. The molecule has 2 amide bonds. The molecule has 5 heteroatoms. The molecule has 0 saturated carbocycles. The molecule has 0 fully saturated rings. The zero-order valence-corrected chi connectivity index (χ0v) is 10.5. The highest BCUT2D eigenvalue weighted by Gasteiger charge is 2.21. The van der Waals surface area contributed by atoms with Gasteiger partial charge in [-0.1, -0.05) is 27.7 Å². The number of hydrogen-bond acceptors (Lipinski definition) is 3. The van der Waals surface area contributed by atoms with E-state index in [4.69, 9.17) is 5.84 Å². The molecule has 16 heavy (non-hydrogen) atoms. The molecule has 0 saturated heterocycles. The molecular formula is C11H23N3O2. The number of carbonyl (C=O) groups is 2. The normalized spacial score (nSPS) is 12.7. The molecule has 0 spiro atoms. The zero-order valence-electron chi connectivity index (χ0n) is 10.5. The number of rotatable bonds is 6. The van der Waals surface area contributed by atoms with Crippen LogP contribution in [0.15, 0.2) is 0 Å². The lowest BCUT2D eigenvalue weighted by Gasteiger charge is -2.19. The van der Waals surface area contributed by atoms with Crippen molar-refractivity contribution in [3.05, 3.63) is 0 Å². The summed E-state index contributed by atoms with van der Waals surface area (Å²) in [6, 6.07) is -0.531. The van der Waals surface area contributed by atoms with Gasteiger partial charge in [0.2, 0.25) is 5.91 Å². The molecule has 0 aromatic carbocycles. The number of nitrogens with one attached hydrogen (secondary N) is 2. The summed E-state index contributed by atoms with van der Waals surface area (Å²) in [6.07, 6.45) is 1.01. The Bertz CT molecular complexity index is 239. The van der Waals surface area contributed by atoms with Gasteiger partial charge in [-0.2, -0.15) is 0 Å². The van der Waals surface area contributed by atoms with Crippen molar-refractivity contribution in [1.82, 2.24) is 10.7 Å². The van der Waals surface area contributed by atoms with Crippen molar-refractivity contribution in [2.24, 2.45) is 17.7 Å². The lowest BCUT2D eigenvalue weighted by atomic mass is 10.0. The van der Waals surface area contributed by atoms with Crippen LogP contribution >= 0.6 is 0 Å². The molecular weight excluding hydrogens is 206 g/mol. The van der Waals surface area contributed by atoms with Gasteiger partial charge < -0.3 is 5.32 Å². The SMILES string of the molecule is CC(C)CC(=O)NC(CC(C)C)C(=O)NN. The fourth-order valence-electron chi connectivity index (χ4n) is 1.43. The van der Waals surface area contributed by atoms with Crippen LogP contribution in [-0.2, 0) is 9.59 Å². The average molecular weight is 229 g/mol. The van der Waals surface area contributed by atoms with E-state index in [0.717, 1.165) is 0 Å². The molecule has 1 atom stereocenters. The van der Waals surface area contributed by atoms with Crippen molar-refractivity contribution in [1.29, 1.82) is 0 Å². The number of hydrogen-bond donors (Lipinski definition) is 3. The van der Waals surface area contributed by atoms with Gasteiger partial charge in [0.05, 0.1) is 0 Å². The maximum Gasteiger partial charge on any atom is 0.256 e. The van der Waals surface area contributed by atoms with E-state index in [-0.39, 0.29) is 17.7 Å². The van der Waals surface area contributed by atoms with Gasteiger partial charge in [-0.05, 0) is 18.3 Å². The van der Waals surface area contributed by atoms with Gasteiger partial charge in [0.25, 0.3) is 5.91 Å². The highest BCUT2D eigenvalue weighted by Crippen LogP contribution is 2.06. The Morgan fingerprint density at radius 2 is 1.69 bits per heavy atom. The number of hydrazine groups is 1.